The first-order valence-electron chi connectivity index (χ1n) is 14.5. The number of piperazine rings is 1. The second-order valence-corrected chi connectivity index (χ2v) is 12.9. The van der Waals surface area contributed by atoms with Crippen molar-refractivity contribution in [2.75, 3.05) is 39.3 Å². The summed E-state index contributed by atoms with van der Waals surface area (Å²) in [5, 5.41) is 9.11. The zero-order valence-electron chi connectivity index (χ0n) is 23.1. The molecule has 3 aromatic rings. The summed E-state index contributed by atoms with van der Waals surface area (Å²) in [7, 11) is 0. The lowest BCUT2D eigenvalue weighted by Crippen LogP contribution is -2.50. The van der Waals surface area contributed by atoms with Crippen molar-refractivity contribution in [1.82, 2.24) is 19.7 Å². The molecule has 9 heteroatoms. The topological polar surface area (TPSA) is 72.8 Å². The van der Waals surface area contributed by atoms with Crippen LogP contribution >= 0.6 is 34.2 Å². The molecule has 1 amide bonds. The molecule has 0 bridgehead atoms. The van der Waals surface area contributed by atoms with Gasteiger partial charge in [-0.1, -0.05) is 35.9 Å². The van der Waals surface area contributed by atoms with Crippen molar-refractivity contribution in [2.45, 2.75) is 38.1 Å². The van der Waals surface area contributed by atoms with Crippen molar-refractivity contribution in [1.29, 1.82) is 5.41 Å². The number of halogens is 2. The Balaban J connectivity index is 1.05. The summed E-state index contributed by atoms with van der Waals surface area (Å²) >= 11 is 8.74. The molecule has 214 valence electrons. The van der Waals surface area contributed by atoms with Crippen LogP contribution in [0.15, 0.2) is 60.8 Å². The molecule has 6 rings (SSSR count). The van der Waals surface area contributed by atoms with Crippen LogP contribution in [-0.2, 0) is 17.6 Å². The number of carbonyl (C=O) groups excluding carboxylic acids is 1. The van der Waals surface area contributed by atoms with Gasteiger partial charge < -0.3 is 14.5 Å². The Bertz CT molecular complexity index is 1350. The summed E-state index contributed by atoms with van der Waals surface area (Å²) in [6.45, 7) is 4.58. The SMILES string of the molecule is N=C(Oc1ccccc1)N1CCC(CC(=O)N2CCN(C3c4ccc(Cl)cc4CCc4cc(I)cnc43)CC2)CC1. The summed E-state index contributed by atoms with van der Waals surface area (Å²) in [6.07, 6.45) is 6.25. The molecule has 1 atom stereocenters. The van der Waals surface area contributed by atoms with E-state index in [4.69, 9.17) is 26.7 Å². The highest BCUT2D eigenvalue weighted by Gasteiger charge is 2.34. The number of piperidine rings is 1. The van der Waals surface area contributed by atoms with Gasteiger partial charge in [0.1, 0.15) is 5.75 Å². The number of aryl methyl sites for hydroxylation is 2. The highest BCUT2D eigenvalue weighted by Crippen LogP contribution is 2.37. The minimum atomic E-state index is 0.0757. The fourth-order valence-corrected chi connectivity index (χ4v) is 7.10. The number of fused-ring (bicyclic) bond motifs is 2. The number of nitrogens with zero attached hydrogens (tertiary/aromatic N) is 4. The number of nitrogens with one attached hydrogen (secondary N) is 1. The number of hydrogen-bond donors (Lipinski definition) is 1. The van der Waals surface area contributed by atoms with Gasteiger partial charge in [0.25, 0.3) is 6.02 Å². The first-order valence-corrected chi connectivity index (χ1v) is 15.9. The lowest BCUT2D eigenvalue weighted by molar-refractivity contribution is -0.134. The number of amides is 1. The van der Waals surface area contributed by atoms with E-state index in [0.29, 0.717) is 18.1 Å². The van der Waals surface area contributed by atoms with Crippen molar-refractivity contribution in [3.8, 4) is 5.75 Å². The van der Waals surface area contributed by atoms with E-state index in [1.807, 2.05) is 52.4 Å². The summed E-state index contributed by atoms with van der Waals surface area (Å²) in [5.74, 6) is 1.28. The van der Waals surface area contributed by atoms with Gasteiger partial charge in [-0.05, 0) is 101 Å². The molecule has 3 aliphatic rings. The molecule has 1 aliphatic carbocycles. The average Bonchev–Trinajstić information content (AvgIpc) is 3.14. The number of benzene rings is 2. The second-order valence-electron chi connectivity index (χ2n) is 11.2. The molecule has 3 heterocycles. The van der Waals surface area contributed by atoms with Crippen molar-refractivity contribution < 1.29 is 9.53 Å². The summed E-state index contributed by atoms with van der Waals surface area (Å²) in [5.41, 5.74) is 5.03. The van der Waals surface area contributed by atoms with Crippen molar-refractivity contribution in [3.05, 3.63) is 91.8 Å². The summed E-state index contributed by atoms with van der Waals surface area (Å²) in [6, 6.07) is 18.3. The molecule has 7 nitrogen and oxygen atoms in total. The third-order valence-corrected chi connectivity index (χ3v) is 9.47. The highest BCUT2D eigenvalue weighted by molar-refractivity contribution is 14.1. The molecule has 0 saturated carbocycles. The molecule has 2 aliphatic heterocycles. The van der Waals surface area contributed by atoms with Crippen molar-refractivity contribution in [2.24, 2.45) is 5.92 Å². The lowest BCUT2D eigenvalue weighted by Gasteiger charge is -2.40. The fraction of sp³-hybridized carbons (Fsp3) is 0.406. The summed E-state index contributed by atoms with van der Waals surface area (Å²) in [4.78, 5) is 24.8. The Morgan fingerprint density at radius 2 is 1.68 bits per heavy atom. The van der Waals surface area contributed by atoms with Crippen LogP contribution in [0.4, 0.5) is 0 Å². The number of aromatic nitrogens is 1. The Hall–Kier alpha value is -2.69. The number of para-hydroxylation sites is 1. The van der Waals surface area contributed by atoms with Crippen molar-refractivity contribution >= 4 is 46.1 Å². The van der Waals surface area contributed by atoms with E-state index in [2.05, 4.69) is 45.7 Å². The molecular formula is C32H35ClIN5O2. The predicted octanol–water partition coefficient (Wildman–Crippen LogP) is 5.79. The second kappa shape index (κ2) is 12.7. The lowest BCUT2D eigenvalue weighted by atomic mass is 9.93. The quantitative estimate of drug-likeness (QED) is 0.214. The first kappa shape index (κ1) is 28.4. The van der Waals surface area contributed by atoms with E-state index >= 15 is 0 Å². The van der Waals surface area contributed by atoms with Gasteiger partial charge >= 0.3 is 0 Å². The number of amidine groups is 1. The number of likely N-dealkylation sites (tertiary alicyclic amines) is 1. The maximum Gasteiger partial charge on any atom is 0.289 e. The average molecular weight is 684 g/mol. The van der Waals surface area contributed by atoms with Gasteiger partial charge in [-0.25, -0.2) is 0 Å². The molecule has 1 unspecified atom stereocenters. The number of carbonyl (C=O) groups is 1. The summed E-state index contributed by atoms with van der Waals surface area (Å²) < 4.78 is 6.87. The maximum absolute atomic E-state index is 13.3. The Kier molecular flexibility index (Phi) is 8.79. The van der Waals surface area contributed by atoms with Gasteiger partial charge in [0.2, 0.25) is 5.91 Å². The molecule has 2 saturated heterocycles. The van der Waals surface area contributed by atoms with Gasteiger partial charge in [0.05, 0.1) is 11.7 Å². The Morgan fingerprint density at radius 1 is 0.951 bits per heavy atom. The molecule has 1 N–H and O–H groups in total. The minimum absolute atomic E-state index is 0.0757. The van der Waals surface area contributed by atoms with E-state index in [-0.39, 0.29) is 18.0 Å². The van der Waals surface area contributed by atoms with Crippen LogP contribution in [0.2, 0.25) is 5.02 Å². The van der Waals surface area contributed by atoms with E-state index in [1.54, 1.807) is 0 Å². The normalized spacial score (nSPS) is 19.7. The van der Waals surface area contributed by atoms with E-state index in [0.717, 1.165) is 79.2 Å². The highest BCUT2D eigenvalue weighted by atomic mass is 127. The van der Waals surface area contributed by atoms with Crippen LogP contribution in [0.5, 0.6) is 5.75 Å². The standard InChI is InChI=1S/C32H35ClIN5O2/c33-25-8-9-28-23(19-25)6-7-24-20-26(34)21-36-30(24)31(28)38-16-14-37(15-17-38)29(40)18-22-10-12-39(13-11-22)32(35)41-27-4-2-1-3-5-27/h1-5,8-9,19-22,31,35H,6-7,10-18H2. The Morgan fingerprint density at radius 3 is 2.44 bits per heavy atom. The van der Waals surface area contributed by atoms with Crippen LogP contribution in [0.25, 0.3) is 0 Å². The fourth-order valence-electron chi connectivity index (χ4n) is 6.39. The van der Waals surface area contributed by atoms with Crippen LogP contribution < -0.4 is 4.74 Å². The van der Waals surface area contributed by atoms with Gasteiger partial charge in [0.15, 0.2) is 0 Å². The van der Waals surface area contributed by atoms with Crippen LogP contribution in [0.3, 0.4) is 0 Å². The smallest absolute Gasteiger partial charge is 0.289 e. The Labute approximate surface area is 260 Å². The monoisotopic (exact) mass is 683 g/mol. The molecular weight excluding hydrogens is 649 g/mol. The number of hydrogen-bond acceptors (Lipinski definition) is 5. The van der Waals surface area contributed by atoms with Crippen molar-refractivity contribution in [3.63, 3.8) is 0 Å². The first-order chi connectivity index (χ1) is 19.9. The van der Waals surface area contributed by atoms with E-state index < -0.39 is 0 Å². The van der Waals surface area contributed by atoms with Gasteiger partial charge in [-0.2, -0.15) is 0 Å². The van der Waals surface area contributed by atoms with Gasteiger partial charge in [-0.3, -0.25) is 20.1 Å². The predicted molar refractivity (Wildman–Crippen MR) is 170 cm³/mol. The van der Waals surface area contributed by atoms with Crippen LogP contribution in [-0.4, -0.2) is 70.9 Å². The number of ether oxygens (including phenoxy) is 1. The molecule has 0 radical (unpaired) electrons. The molecule has 1 aromatic heterocycles. The zero-order valence-corrected chi connectivity index (χ0v) is 26.0. The molecule has 41 heavy (non-hydrogen) atoms. The molecule has 2 fully saturated rings. The van der Waals surface area contributed by atoms with E-state index in [1.165, 1.54) is 16.7 Å². The number of rotatable bonds is 4. The largest absolute Gasteiger partial charge is 0.426 e. The molecule has 2 aromatic carbocycles. The van der Waals surface area contributed by atoms with E-state index in [9.17, 15) is 4.79 Å². The molecule has 0 spiro atoms. The third-order valence-electron chi connectivity index (χ3n) is 8.65. The third kappa shape index (κ3) is 6.54. The number of pyridine rings is 1. The minimum Gasteiger partial charge on any atom is -0.426 e. The van der Waals surface area contributed by atoms with Crippen LogP contribution in [0, 0.1) is 14.9 Å². The van der Waals surface area contributed by atoms with Gasteiger partial charge in [0, 0.05) is 60.5 Å². The van der Waals surface area contributed by atoms with Crippen LogP contribution in [0.1, 0.15) is 47.7 Å². The zero-order chi connectivity index (χ0) is 28.3. The van der Waals surface area contributed by atoms with Gasteiger partial charge in [-0.15, -0.1) is 0 Å². The maximum atomic E-state index is 13.3.